The SMILES string of the molecule is O=C(/C=C(\O)c1ccc(Cl)cc1)C(Cl)(Cl)Cl. The number of carbonyl (C=O) groups is 1. The lowest BCUT2D eigenvalue weighted by molar-refractivity contribution is -0.113. The monoisotopic (exact) mass is 298 g/mol. The first-order valence-electron chi connectivity index (χ1n) is 4.08. The molecule has 0 saturated heterocycles. The molecule has 0 aliphatic carbocycles. The van der Waals surface area contributed by atoms with Crippen LogP contribution in [0.3, 0.4) is 0 Å². The number of alkyl halides is 3. The average Bonchev–Trinajstić information content (AvgIpc) is 2.17. The van der Waals surface area contributed by atoms with E-state index in [-0.39, 0.29) is 5.76 Å². The number of allylic oxidation sites excluding steroid dienone is 1. The van der Waals surface area contributed by atoms with Crippen LogP contribution in [-0.4, -0.2) is 14.7 Å². The summed E-state index contributed by atoms with van der Waals surface area (Å²) in [5.41, 5.74) is 0.409. The molecule has 0 atom stereocenters. The summed E-state index contributed by atoms with van der Waals surface area (Å²) in [6.45, 7) is 0. The molecule has 0 fully saturated rings. The first kappa shape index (κ1) is 13.7. The van der Waals surface area contributed by atoms with Gasteiger partial charge in [-0.2, -0.15) is 0 Å². The summed E-state index contributed by atoms with van der Waals surface area (Å²) in [7, 11) is 0. The van der Waals surface area contributed by atoms with Crippen LogP contribution in [0.1, 0.15) is 5.56 Å². The summed E-state index contributed by atoms with van der Waals surface area (Å²) in [6.07, 6.45) is 0.857. The topological polar surface area (TPSA) is 37.3 Å². The standard InChI is InChI=1S/C10H6Cl4O2/c11-7-3-1-6(2-4-7)8(15)5-9(16)10(12,13)14/h1-5,15H/b8-5-. The van der Waals surface area contributed by atoms with Crippen molar-refractivity contribution in [1.82, 2.24) is 0 Å². The highest BCUT2D eigenvalue weighted by atomic mass is 35.6. The number of halogens is 4. The minimum atomic E-state index is -2.07. The molecule has 0 bridgehead atoms. The van der Waals surface area contributed by atoms with E-state index < -0.39 is 9.58 Å². The lowest BCUT2D eigenvalue weighted by Gasteiger charge is -2.06. The molecule has 0 spiro atoms. The molecule has 1 N–H and O–H groups in total. The Morgan fingerprint density at radius 2 is 1.69 bits per heavy atom. The number of hydrogen-bond donors (Lipinski definition) is 1. The summed E-state index contributed by atoms with van der Waals surface area (Å²) in [5.74, 6) is -1.10. The van der Waals surface area contributed by atoms with Crippen molar-refractivity contribution in [2.75, 3.05) is 0 Å². The van der Waals surface area contributed by atoms with Crippen molar-refractivity contribution >= 4 is 57.9 Å². The molecule has 0 unspecified atom stereocenters. The quantitative estimate of drug-likeness (QED) is 0.505. The van der Waals surface area contributed by atoms with E-state index in [0.717, 1.165) is 6.08 Å². The number of benzene rings is 1. The molecule has 1 aromatic carbocycles. The second kappa shape index (κ2) is 5.28. The number of hydrogen-bond acceptors (Lipinski definition) is 2. The van der Waals surface area contributed by atoms with E-state index in [9.17, 15) is 9.90 Å². The van der Waals surface area contributed by atoms with Gasteiger partial charge in [-0.05, 0) is 24.3 Å². The lowest BCUT2D eigenvalue weighted by Crippen LogP contribution is -2.16. The number of carbonyl (C=O) groups excluding carboxylic acids is 1. The van der Waals surface area contributed by atoms with Crippen LogP contribution in [0, 0.1) is 0 Å². The number of ketones is 1. The fourth-order valence-corrected chi connectivity index (χ4v) is 1.20. The molecule has 1 rings (SSSR count). The van der Waals surface area contributed by atoms with Gasteiger partial charge in [0.2, 0.25) is 5.78 Å². The molecular weight excluding hydrogens is 294 g/mol. The van der Waals surface area contributed by atoms with Crippen LogP contribution < -0.4 is 0 Å². The van der Waals surface area contributed by atoms with Crippen LogP contribution in [0.2, 0.25) is 5.02 Å². The van der Waals surface area contributed by atoms with E-state index in [2.05, 4.69) is 0 Å². The Bertz CT molecular complexity index is 417. The zero-order valence-corrected chi connectivity index (χ0v) is 10.8. The Kier molecular flexibility index (Phi) is 4.51. The Hall–Kier alpha value is -0.410. The molecular formula is C10H6Cl4O2. The predicted octanol–water partition coefficient (Wildman–Crippen LogP) is 4.18. The molecule has 6 heteroatoms. The van der Waals surface area contributed by atoms with E-state index in [1.54, 1.807) is 24.3 Å². The van der Waals surface area contributed by atoms with Crippen molar-refractivity contribution in [3.8, 4) is 0 Å². The Morgan fingerprint density at radius 3 is 2.12 bits per heavy atom. The van der Waals surface area contributed by atoms with E-state index in [0.29, 0.717) is 10.6 Å². The highest BCUT2D eigenvalue weighted by Gasteiger charge is 2.29. The third kappa shape index (κ3) is 3.87. The van der Waals surface area contributed by atoms with E-state index in [1.165, 1.54) is 0 Å². The molecule has 0 aromatic heterocycles. The van der Waals surface area contributed by atoms with Crippen LogP contribution in [-0.2, 0) is 4.79 Å². The average molecular weight is 300 g/mol. The van der Waals surface area contributed by atoms with Gasteiger partial charge in [0, 0.05) is 16.7 Å². The lowest BCUT2D eigenvalue weighted by atomic mass is 10.1. The smallest absolute Gasteiger partial charge is 0.252 e. The summed E-state index contributed by atoms with van der Waals surface area (Å²) >= 11 is 21.7. The van der Waals surface area contributed by atoms with Crippen molar-refractivity contribution in [2.45, 2.75) is 3.79 Å². The van der Waals surface area contributed by atoms with Crippen molar-refractivity contribution in [2.24, 2.45) is 0 Å². The fourth-order valence-electron chi connectivity index (χ4n) is 0.910. The molecule has 0 amide bonds. The van der Waals surface area contributed by atoms with Gasteiger partial charge in [0.1, 0.15) is 5.76 Å². The van der Waals surface area contributed by atoms with Gasteiger partial charge in [0.05, 0.1) is 0 Å². The molecule has 16 heavy (non-hydrogen) atoms. The highest BCUT2D eigenvalue weighted by Crippen LogP contribution is 2.28. The second-order valence-electron chi connectivity index (χ2n) is 2.90. The number of rotatable bonds is 2. The third-order valence-corrected chi connectivity index (χ3v) is 2.50. The van der Waals surface area contributed by atoms with Crippen molar-refractivity contribution < 1.29 is 9.90 Å². The maximum Gasteiger partial charge on any atom is 0.252 e. The van der Waals surface area contributed by atoms with Gasteiger partial charge in [-0.3, -0.25) is 4.79 Å². The summed E-state index contributed by atoms with van der Waals surface area (Å²) in [6, 6.07) is 6.22. The van der Waals surface area contributed by atoms with E-state index in [4.69, 9.17) is 46.4 Å². The molecule has 0 heterocycles. The Balaban J connectivity index is 2.94. The minimum Gasteiger partial charge on any atom is -0.507 e. The fraction of sp³-hybridized carbons (Fsp3) is 0.100. The van der Waals surface area contributed by atoms with Crippen LogP contribution in [0.5, 0.6) is 0 Å². The van der Waals surface area contributed by atoms with E-state index in [1.807, 2.05) is 0 Å². The Labute approximate surface area is 112 Å². The third-order valence-electron chi connectivity index (χ3n) is 1.69. The summed E-state index contributed by atoms with van der Waals surface area (Å²) in [5, 5.41) is 10.1. The predicted molar refractivity (Wildman–Crippen MR) is 67.4 cm³/mol. The summed E-state index contributed by atoms with van der Waals surface area (Å²) < 4.78 is -2.07. The zero-order chi connectivity index (χ0) is 12.3. The first-order chi connectivity index (χ1) is 7.30. The second-order valence-corrected chi connectivity index (χ2v) is 5.62. The number of aliphatic hydroxyl groups is 1. The van der Waals surface area contributed by atoms with Gasteiger partial charge in [0.15, 0.2) is 0 Å². The van der Waals surface area contributed by atoms with Gasteiger partial charge < -0.3 is 5.11 Å². The van der Waals surface area contributed by atoms with Gasteiger partial charge in [-0.25, -0.2) is 0 Å². The van der Waals surface area contributed by atoms with Crippen molar-refractivity contribution in [3.05, 3.63) is 40.9 Å². The molecule has 2 nitrogen and oxygen atoms in total. The van der Waals surface area contributed by atoms with Crippen LogP contribution in [0.25, 0.3) is 5.76 Å². The van der Waals surface area contributed by atoms with Crippen LogP contribution in [0.4, 0.5) is 0 Å². The molecule has 86 valence electrons. The normalized spacial score (nSPS) is 12.6. The van der Waals surface area contributed by atoms with Crippen LogP contribution >= 0.6 is 46.4 Å². The largest absolute Gasteiger partial charge is 0.507 e. The van der Waals surface area contributed by atoms with E-state index >= 15 is 0 Å². The van der Waals surface area contributed by atoms with Gasteiger partial charge >= 0.3 is 0 Å². The maximum absolute atomic E-state index is 11.3. The van der Waals surface area contributed by atoms with Gasteiger partial charge in [-0.15, -0.1) is 0 Å². The molecule has 0 aliphatic heterocycles. The molecule has 0 saturated carbocycles. The molecule has 0 radical (unpaired) electrons. The van der Waals surface area contributed by atoms with Crippen molar-refractivity contribution in [1.29, 1.82) is 0 Å². The molecule has 1 aromatic rings. The molecule has 0 aliphatic rings. The van der Waals surface area contributed by atoms with Gasteiger partial charge in [-0.1, -0.05) is 46.4 Å². The number of aliphatic hydroxyl groups excluding tert-OH is 1. The van der Waals surface area contributed by atoms with Crippen molar-refractivity contribution in [3.63, 3.8) is 0 Å². The van der Waals surface area contributed by atoms with Gasteiger partial charge in [0.25, 0.3) is 3.79 Å². The first-order valence-corrected chi connectivity index (χ1v) is 5.59. The Morgan fingerprint density at radius 1 is 1.19 bits per heavy atom. The zero-order valence-electron chi connectivity index (χ0n) is 7.75. The van der Waals surface area contributed by atoms with Crippen LogP contribution in [0.15, 0.2) is 30.3 Å². The maximum atomic E-state index is 11.3. The minimum absolute atomic E-state index is 0.284. The highest BCUT2D eigenvalue weighted by molar-refractivity contribution is 6.77. The summed E-state index contributed by atoms with van der Waals surface area (Å²) in [4.78, 5) is 11.3.